The molecule has 2 N–H and O–H groups in total. The van der Waals surface area contributed by atoms with Crippen molar-refractivity contribution in [1.82, 2.24) is 0 Å². The number of benzene rings is 1. The van der Waals surface area contributed by atoms with Crippen molar-refractivity contribution in [1.29, 1.82) is 0 Å². The minimum Gasteiger partial charge on any atom is -0.383 e. The molecule has 6 heteroatoms. The molecule has 0 aliphatic rings. The van der Waals surface area contributed by atoms with Gasteiger partial charge in [-0.15, -0.1) is 0 Å². The lowest BCUT2D eigenvalue weighted by Crippen LogP contribution is -2.17. The fourth-order valence-corrected chi connectivity index (χ4v) is 1.95. The Hall–Kier alpha value is -0.590. The second kappa shape index (κ2) is 5.16. The minimum absolute atomic E-state index is 0.254. The second-order valence-electron chi connectivity index (χ2n) is 3.30. The van der Waals surface area contributed by atoms with Gasteiger partial charge in [0, 0.05) is 11.6 Å². The van der Waals surface area contributed by atoms with Crippen molar-refractivity contribution in [2.75, 3.05) is 13.7 Å². The maximum absolute atomic E-state index is 12.4. The van der Waals surface area contributed by atoms with Gasteiger partial charge >= 0.3 is 6.18 Å². The van der Waals surface area contributed by atoms with Gasteiger partial charge in [0.05, 0.1) is 18.2 Å². The van der Waals surface area contributed by atoms with Crippen LogP contribution in [0.25, 0.3) is 0 Å². The highest BCUT2D eigenvalue weighted by molar-refractivity contribution is 9.10. The molecule has 0 amide bonds. The lowest BCUT2D eigenvalue weighted by atomic mass is 10.1. The molecule has 0 radical (unpaired) electrons. The number of hydrogen-bond donors (Lipinski definition) is 1. The molecule has 0 spiro atoms. The predicted molar refractivity (Wildman–Crippen MR) is 57.9 cm³/mol. The molecular formula is C10H11BrF3NO. The van der Waals surface area contributed by atoms with Gasteiger partial charge in [0.2, 0.25) is 0 Å². The first-order chi connectivity index (χ1) is 7.36. The fourth-order valence-electron chi connectivity index (χ4n) is 1.27. The van der Waals surface area contributed by atoms with Crippen molar-refractivity contribution < 1.29 is 17.9 Å². The Kier molecular flexibility index (Phi) is 4.35. The molecule has 0 saturated heterocycles. The highest BCUT2D eigenvalue weighted by Gasteiger charge is 2.31. The van der Waals surface area contributed by atoms with E-state index in [-0.39, 0.29) is 6.61 Å². The average Bonchev–Trinajstić information content (AvgIpc) is 2.16. The summed E-state index contributed by atoms with van der Waals surface area (Å²) in [6.07, 6.45) is -4.34. The zero-order chi connectivity index (χ0) is 12.3. The molecule has 1 rings (SSSR count). The van der Waals surface area contributed by atoms with E-state index >= 15 is 0 Å². The van der Waals surface area contributed by atoms with E-state index in [2.05, 4.69) is 15.9 Å². The van der Waals surface area contributed by atoms with Gasteiger partial charge in [-0.2, -0.15) is 13.2 Å². The van der Waals surface area contributed by atoms with Crippen molar-refractivity contribution in [2.45, 2.75) is 12.2 Å². The zero-order valence-corrected chi connectivity index (χ0v) is 10.1. The third-order valence-corrected chi connectivity index (χ3v) is 2.76. The van der Waals surface area contributed by atoms with Crippen LogP contribution in [-0.4, -0.2) is 13.7 Å². The predicted octanol–water partition coefficient (Wildman–Crippen LogP) is 3.11. The van der Waals surface area contributed by atoms with E-state index in [4.69, 9.17) is 10.5 Å². The Balaban J connectivity index is 3.00. The van der Waals surface area contributed by atoms with Gasteiger partial charge < -0.3 is 10.5 Å². The molecule has 0 fully saturated rings. The average molecular weight is 298 g/mol. The van der Waals surface area contributed by atoms with Crippen molar-refractivity contribution in [3.8, 4) is 0 Å². The molecule has 90 valence electrons. The SMILES string of the molecule is COC[C@H](N)c1ccc(C(F)(F)F)cc1Br. The van der Waals surface area contributed by atoms with E-state index in [1.54, 1.807) is 0 Å². The highest BCUT2D eigenvalue weighted by Crippen LogP contribution is 2.33. The molecule has 0 aliphatic heterocycles. The van der Waals surface area contributed by atoms with Crippen LogP contribution in [-0.2, 0) is 10.9 Å². The first kappa shape index (κ1) is 13.5. The molecule has 0 aromatic heterocycles. The van der Waals surface area contributed by atoms with Crippen LogP contribution in [0.1, 0.15) is 17.2 Å². The van der Waals surface area contributed by atoms with Gasteiger partial charge in [0.15, 0.2) is 0 Å². The number of ether oxygens (including phenoxy) is 1. The van der Waals surface area contributed by atoms with Gasteiger partial charge in [0.25, 0.3) is 0 Å². The summed E-state index contributed by atoms with van der Waals surface area (Å²) in [7, 11) is 1.48. The first-order valence-electron chi connectivity index (χ1n) is 4.47. The van der Waals surface area contributed by atoms with Crippen LogP contribution in [0.15, 0.2) is 22.7 Å². The van der Waals surface area contributed by atoms with Crippen molar-refractivity contribution in [3.63, 3.8) is 0 Å². The van der Waals surface area contributed by atoms with E-state index in [1.165, 1.54) is 13.2 Å². The summed E-state index contributed by atoms with van der Waals surface area (Å²) in [6.45, 7) is 0.254. The number of nitrogens with two attached hydrogens (primary N) is 1. The summed E-state index contributed by atoms with van der Waals surface area (Å²) in [5.74, 6) is 0. The third-order valence-electron chi connectivity index (χ3n) is 2.07. The molecule has 16 heavy (non-hydrogen) atoms. The summed E-state index contributed by atoms with van der Waals surface area (Å²) in [5, 5.41) is 0. The Bertz CT molecular complexity index is 368. The van der Waals surface area contributed by atoms with Crippen molar-refractivity contribution in [3.05, 3.63) is 33.8 Å². The Morgan fingerprint density at radius 1 is 1.44 bits per heavy atom. The van der Waals surface area contributed by atoms with E-state index in [0.29, 0.717) is 10.0 Å². The summed E-state index contributed by atoms with van der Waals surface area (Å²) in [4.78, 5) is 0. The summed E-state index contributed by atoms with van der Waals surface area (Å²) >= 11 is 3.07. The Morgan fingerprint density at radius 2 is 2.06 bits per heavy atom. The molecule has 0 aliphatic carbocycles. The zero-order valence-electron chi connectivity index (χ0n) is 8.51. The molecule has 1 atom stereocenters. The lowest BCUT2D eigenvalue weighted by Gasteiger charge is -2.14. The first-order valence-corrected chi connectivity index (χ1v) is 5.26. The summed E-state index contributed by atoms with van der Waals surface area (Å²) in [5.41, 5.74) is 5.62. The van der Waals surface area contributed by atoms with E-state index in [1.807, 2.05) is 0 Å². The molecule has 0 saturated carbocycles. The summed E-state index contributed by atoms with van der Waals surface area (Å²) < 4.78 is 42.3. The highest BCUT2D eigenvalue weighted by atomic mass is 79.9. The van der Waals surface area contributed by atoms with Crippen molar-refractivity contribution >= 4 is 15.9 Å². The Morgan fingerprint density at radius 3 is 2.50 bits per heavy atom. The van der Waals surface area contributed by atoms with Crippen LogP contribution in [0.2, 0.25) is 0 Å². The quantitative estimate of drug-likeness (QED) is 0.930. The fraction of sp³-hybridized carbons (Fsp3) is 0.400. The molecule has 1 aromatic carbocycles. The largest absolute Gasteiger partial charge is 0.416 e. The topological polar surface area (TPSA) is 35.2 Å². The smallest absolute Gasteiger partial charge is 0.383 e. The monoisotopic (exact) mass is 297 g/mol. The molecule has 2 nitrogen and oxygen atoms in total. The lowest BCUT2D eigenvalue weighted by molar-refractivity contribution is -0.137. The van der Waals surface area contributed by atoms with Crippen LogP contribution in [0, 0.1) is 0 Å². The van der Waals surface area contributed by atoms with Gasteiger partial charge in [-0.25, -0.2) is 0 Å². The van der Waals surface area contributed by atoms with Crippen LogP contribution in [0.5, 0.6) is 0 Å². The van der Waals surface area contributed by atoms with Crippen LogP contribution >= 0.6 is 15.9 Å². The Labute approximate surface area is 99.7 Å². The van der Waals surface area contributed by atoms with Crippen LogP contribution in [0.3, 0.4) is 0 Å². The molecule has 0 heterocycles. The van der Waals surface area contributed by atoms with Gasteiger partial charge in [-0.1, -0.05) is 22.0 Å². The number of halogens is 4. The second-order valence-corrected chi connectivity index (χ2v) is 4.15. The van der Waals surface area contributed by atoms with E-state index in [9.17, 15) is 13.2 Å². The number of methoxy groups -OCH3 is 1. The molecule has 0 bridgehead atoms. The molecule has 0 unspecified atom stereocenters. The minimum atomic E-state index is -4.34. The standard InChI is InChI=1S/C10H11BrF3NO/c1-16-5-9(15)7-3-2-6(4-8(7)11)10(12,13)14/h2-4,9H,5,15H2,1H3/t9-/m0/s1. The normalized spacial score (nSPS) is 13.9. The van der Waals surface area contributed by atoms with Gasteiger partial charge in [-0.3, -0.25) is 0 Å². The van der Waals surface area contributed by atoms with Gasteiger partial charge in [0.1, 0.15) is 0 Å². The summed E-state index contributed by atoms with van der Waals surface area (Å²) in [6, 6.07) is 2.94. The third kappa shape index (κ3) is 3.20. The maximum Gasteiger partial charge on any atom is 0.416 e. The number of rotatable bonds is 3. The van der Waals surface area contributed by atoms with Crippen LogP contribution in [0.4, 0.5) is 13.2 Å². The number of alkyl halides is 3. The maximum atomic E-state index is 12.4. The number of hydrogen-bond acceptors (Lipinski definition) is 2. The molecule has 1 aromatic rings. The van der Waals surface area contributed by atoms with E-state index < -0.39 is 17.8 Å². The van der Waals surface area contributed by atoms with E-state index in [0.717, 1.165) is 12.1 Å². The molecular weight excluding hydrogens is 287 g/mol. The van der Waals surface area contributed by atoms with Crippen molar-refractivity contribution in [2.24, 2.45) is 5.73 Å². The van der Waals surface area contributed by atoms with Gasteiger partial charge in [-0.05, 0) is 17.7 Å². The van der Waals surface area contributed by atoms with Crippen LogP contribution < -0.4 is 5.73 Å².